The third kappa shape index (κ3) is 3.50. The second-order valence-electron chi connectivity index (χ2n) is 10.6. The summed E-state index contributed by atoms with van der Waals surface area (Å²) in [4.78, 5) is 5.11. The summed E-state index contributed by atoms with van der Waals surface area (Å²) >= 11 is 1.43. The zero-order chi connectivity index (χ0) is 21.1. The van der Waals surface area contributed by atoms with Crippen molar-refractivity contribution in [2.75, 3.05) is 4.72 Å². The maximum absolute atomic E-state index is 12.9. The van der Waals surface area contributed by atoms with Crippen molar-refractivity contribution in [2.24, 2.45) is 17.8 Å². The number of hydrogen-bond donors (Lipinski definition) is 1. The normalized spacial score (nSPS) is 30.6. The molecule has 4 aliphatic rings. The molecule has 0 amide bonds. The van der Waals surface area contributed by atoms with E-state index in [1.54, 1.807) is 12.1 Å². The molecule has 30 heavy (non-hydrogen) atoms. The number of thiazole rings is 1. The molecule has 0 unspecified atom stereocenters. The molecule has 1 aromatic carbocycles. The first-order valence-corrected chi connectivity index (χ1v) is 13.6. The van der Waals surface area contributed by atoms with Crippen LogP contribution in [-0.2, 0) is 20.9 Å². The molecule has 4 fully saturated rings. The minimum atomic E-state index is -3.63. The molecule has 0 aliphatic heterocycles. The predicted octanol–water partition coefficient (Wildman–Crippen LogP) is 6.10. The van der Waals surface area contributed by atoms with Crippen LogP contribution in [0.1, 0.15) is 77.0 Å². The van der Waals surface area contributed by atoms with E-state index in [9.17, 15) is 8.42 Å². The average Bonchev–Trinajstić information content (AvgIpc) is 3.16. The van der Waals surface area contributed by atoms with Crippen LogP contribution in [0.25, 0.3) is 0 Å². The third-order valence-electron chi connectivity index (χ3n) is 8.14. The minimum Gasteiger partial charge on any atom is -0.255 e. The molecule has 4 saturated carbocycles. The van der Waals surface area contributed by atoms with Crippen molar-refractivity contribution in [3.63, 3.8) is 0 Å². The van der Waals surface area contributed by atoms with Crippen molar-refractivity contribution in [3.05, 3.63) is 40.9 Å². The molecule has 6 heteroatoms. The van der Waals surface area contributed by atoms with Gasteiger partial charge in [0.2, 0.25) is 0 Å². The Morgan fingerprint density at radius 2 is 1.63 bits per heavy atom. The smallest absolute Gasteiger partial charge is 0.255 e. The van der Waals surface area contributed by atoms with Gasteiger partial charge in [0.05, 0.1) is 10.6 Å². The lowest BCUT2D eigenvalue weighted by molar-refractivity contribution is -0.00688. The lowest BCUT2D eigenvalue weighted by Crippen LogP contribution is -2.48. The molecule has 6 rings (SSSR count). The minimum absolute atomic E-state index is 0.0395. The molecular formula is C24H32N2O2S2. The van der Waals surface area contributed by atoms with Crippen molar-refractivity contribution in [1.29, 1.82) is 0 Å². The van der Waals surface area contributed by atoms with Crippen LogP contribution in [0, 0.1) is 17.8 Å². The summed E-state index contributed by atoms with van der Waals surface area (Å²) in [5, 5.41) is 2.61. The molecule has 0 radical (unpaired) electrons. The van der Waals surface area contributed by atoms with Crippen LogP contribution < -0.4 is 4.72 Å². The van der Waals surface area contributed by atoms with Gasteiger partial charge in [-0.15, -0.1) is 11.3 Å². The summed E-state index contributed by atoms with van der Waals surface area (Å²) < 4.78 is 28.6. The Kier molecular flexibility index (Phi) is 4.82. The van der Waals surface area contributed by atoms with Gasteiger partial charge in [-0.05, 0) is 85.8 Å². The number of hydrogen-bond acceptors (Lipinski definition) is 4. The largest absolute Gasteiger partial charge is 0.263 e. The Labute approximate surface area is 184 Å². The molecule has 1 N–H and O–H groups in total. The van der Waals surface area contributed by atoms with Gasteiger partial charge in [0.15, 0.2) is 5.13 Å². The van der Waals surface area contributed by atoms with E-state index in [1.807, 2.05) is 12.1 Å². The number of sulfonamides is 1. The maximum atomic E-state index is 12.9. The second-order valence-corrected chi connectivity index (χ2v) is 13.1. The quantitative estimate of drug-likeness (QED) is 0.586. The van der Waals surface area contributed by atoms with E-state index in [2.05, 4.69) is 30.9 Å². The van der Waals surface area contributed by atoms with Crippen LogP contribution in [-0.4, -0.2) is 13.4 Å². The van der Waals surface area contributed by atoms with Crippen LogP contribution in [0.4, 0.5) is 5.13 Å². The van der Waals surface area contributed by atoms with Gasteiger partial charge >= 0.3 is 0 Å². The molecule has 4 bridgehead atoms. The highest BCUT2D eigenvalue weighted by Crippen LogP contribution is 2.60. The summed E-state index contributed by atoms with van der Waals surface area (Å²) in [6.07, 6.45) is 8.91. The number of anilines is 1. The third-order valence-corrected chi connectivity index (χ3v) is 10.4. The van der Waals surface area contributed by atoms with Crippen molar-refractivity contribution in [1.82, 2.24) is 4.98 Å². The number of rotatable bonds is 6. The monoisotopic (exact) mass is 444 g/mol. The topological polar surface area (TPSA) is 59.1 Å². The fourth-order valence-corrected chi connectivity index (χ4v) is 8.54. The highest BCUT2D eigenvalue weighted by atomic mass is 32.2. The molecule has 2 aromatic rings. The first kappa shape index (κ1) is 20.5. The highest BCUT2D eigenvalue weighted by molar-refractivity contribution is 7.93. The SMILES string of the molecule is CCC(C)(C)c1ccc(S(=O)(=O)Nc2nc(C34CC5CC(CC(C5)C3)C4)cs2)cc1. The van der Waals surface area contributed by atoms with Gasteiger partial charge in [-0.25, -0.2) is 13.4 Å². The van der Waals surface area contributed by atoms with Crippen molar-refractivity contribution >= 4 is 26.5 Å². The zero-order valence-electron chi connectivity index (χ0n) is 18.1. The van der Waals surface area contributed by atoms with Crippen LogP contribution in [0.3, 0.4) is 0 Å². The standard InChI is InChI=1S/C24H32N2O2S2/c1-4-23(2,3)19-5-7-20(8-6-19)30(27,28)26-22-25-21(15-29-22)24-12-16-9-17(13-24)11-18(10-16)14-24/h5-8,15-18H,4,9-14H2,1-3H3,(H,25,26). The van der Waals surface area contributed by atoms with Gasteiger partial charge in [0.25, 0.3) is 10.0 Å². The number of nitrogens with one attached hydrogen (secondary N) is 1. The highest BCUT2D eigenvalue weighted by Gasteiger charge is 2.52. The Hall–Kier alpha value is -1.40. The van der Waals surface area contributed by atoms with Crippen LogP contribution in [0.5, 0.6) is 0 Å². The Bertz CT molecular complexity index is 1000. The molecular weight excluding hydrogens is 412 g/mol. The predicted molar refractivity (Wildman–Crippen MR) is 123 cm³/mol. The van der Waals surface area contributed by atoms with Gasteiger partial charge < -0.3 is 0 Å². The fraction of sp³-hybridized carbons (Fsp3) is 0.625. The van der Waals surface area contributed by atoms with Crippen LogP contribution in [0.15, 0.2) is 34.5 Å². The van der Waals surface area contributed by atoms with Crippen molar-refractivity contribution in [2.45, 2.75) is 81.4 Å². The van der Waals surface area contributed by atoms with E-state index < -0.39 is 10.0 Å². The lowest BCUT2D eigenvalue weighted by Gasteiger charge is -2.56. The first-order valence-electron chi connectivity index (χ1n) is 11.3. The summed E-state index contributed by atoms with van der Waals surface area (Å²) in [6, 6.07) is 7.28. The Morgan fingerprint density at radius 3 is 2.17 bits per heavy atom. The summed E-state index contributed by atoms with van der Waals surface area (Å²) in [6.45, 7) is 6.50. The van der Waals surface area contributed by atoms with E-state index in [-0.39, 0.29) is 10.8 Å². The molecule has 1 heterocycles. The van der Waals surface area contributed by atoms with E-state index in [4.69, 9.17) is 4.98 Å². The average molecular weight is 445 g/mol. The van der Waals surface area contributed by atoms with E-state index >= 15 is 0 Å². The van der Waals surface area contributed by atoms with Crippen LogP contribution in [0.2, 0.25) is 0 Å². The molecule has 0 spiro atoms. The molecule has 4 nitrogen and oxygen atoms in total. The molecule has 0 atom stereocenters. The summed E-state index contributed by atoms with van der Waals surface area (Å²) in [7, 11) is -3.63. The molecule has 0 saturated heterocycles. The van der Waals surface area contributed by atoms with Gasteiger partial charge in [-0.2, -0.15) is 0 Å². The second kappa shape index (κ2) is 7.06. The van der Waals surface area contributed by atoms with Crippen LogP contribution >= 0.6 is 11.3 Å². The number of benzene rings is 1. The van der Waals surface area contributed by atoms with Gasteiger partial charge in [0, 0.05) is 10.8 Å². The van der Waals surface area contributed by atoms with E-state index in [0.717, 1.165) is 35.4 Å². The van der Waals surface area contributed by atoms with Crippen molar-refractivity contribution < 1.29 is 8.42 Å². The summed E-state index contributed by atoms with van der Waals surface area (Å²) in [5.74, 6) is 2.55. The number of aromatic nitrogens is 1. The molecule has 162 valence electrons. The fourth-order valence-electron chi connectivity index (χ4n) is 6.45. The number of nitrogens with zero attached hydrogens (tertiary/aromatic N) is 1. The zero-order valence-corrected chi connectivity index (χ0v) is 19.8. The molecule has 1 aromatic heterocycles. The Morgan fingerprint density at radius 1 is 1.07 bits per heavy atom. The van der Waals surface area contributed by atoms with Crippen molar-refractivity contribution in [3.8, 4) is 0 Å². The van der Waals surface area contributed by atoms with Gasteiger partial charge in [0.1, 0.15) is 0 Å². The maximum Gasteiger partial charge on any atom is 0.263 e. The van der Waals surface area contributed by atoms with E-state index in [1.165, 1.54) is 49.9 Å². The van der Waals surface area contributed by atoms with E-state index in [0.29, 0.717) is 10.0 Å². The summed E-state index contributed by atoms with van der Waals surface area (Å²) in [5.41, 5.74) is 2.52. The molecule has 4 aliphatic carbocycles. The van der Waals surface area contributed by atoms with Gasteiger partial charge in [-0.1, -0.05) is 32.9 Å². The Balaban J connectivity index is 1.35. The first-order chi connectivity index (χ1) is 14.2. The lowest BCUT2D eigenvalue weighted by atomic mass is 9.49. The van der Waals surface area contributed by atoms with Gasteiger partial charge in [-0.3, -0.25) is 4.72 Å².